The van der Waals surface area contributed by atoms with Gasteiger partial charge in [-0.15, -0.1) is 0 Å². The molecule has 0 bridgehead atoms. The summed E-state index contributed by atoms with van der Waals surface area (Å²) in [6, 6.07) is 8.22. The van der Waals surface area contributed by atoms with Gasteiger partial charge in [0.15, 0.2) is 17.3 Å². The zero-order chi connectivity index (χ0) is 19.0. The number of fused-ring (bicyclic) bond motifs is 1. The molecule has 1 fully saturated rings. The molecule has 27 heavy (non-hydrogen) atoms. The standard InChI is InChI=1S/C19H16F2N4O2/c20-13-7-6-12(11-14(13)21)22-18(26)16-15-5-1-2-10-25(15)17(23-16)19(27)24-8-3-4-9-24/h1-2,5-7,10-11H,3-4,8-9H2,(H,22,26). The van der Waals surface area contributed by atoms with E-state index in [-0.39, 0.29) is 23.1 Å². The van der Waals surface area contributed by atoms with Crippen molar-refractivity contribution in [2.75, 3.05) is 18.4 Å². The van der Waals surface area contributed by atoms with Gasteiger partial charge in [0.1, 0.15) is 0 Å². The number of carbonyl (C=O) groups excluding carboxylic acids is 2. The number of imidazole rings is 1. The number of halogens is 2. The molecule has 1 aromatic carbocycles. The van der Waals surface area contributed by atoms with Gasteiger partial charge in [0.2, 0.25) is 5.82 Å². The van der Waals surface area contributed by atoms with E-state index in [2.05, 4.69) is 10.3 Å². The Morgan fingerprint density at radius 2 is 1.81 bits per heavy atom. The first kappa shape index (κ1) is 17.1. The van der Waals surface area contributed by atoms with Gasteiger partial charge >= 0.3 is 0 Å². The molecule has 6 nitrogen and oxygen atoms in total. The number of carbonyl (C=O) groups is 2. The van der Waals surface area contributed by atoms with E-state index in [0.717, 1.165) is 25.0 Å². The van der Waals surface area contributed by atoms with Crippen molar-refractivity contribution in [3.63, 3.8) is 0 Å². The summed E-state index contributed by atoms with van der Waals surface area (Å²) < 4.78 is 28.0. The van der Waals surface area contributed by atoms with Gasteiger partial charge in [-0.25, -0.2) is 13.8 Å². The topological polar surface area (TPSA) is 66.7 Å². The maximum Gasteiger partial charge on any atom is 0.290 e. The highest BCUT2D eigenvalue weighted by Crippen LogP contribution is 2.19. The van der Waals surface area contributed by atoms with Crippen LogP contribution in [0.5, 0.6) is 0 Å². The Bertz CT molecular complexity index is 1040. The van der Waals surface area contributed by atoms with Crippen LogP contribution in [0.2, 0.25) is 0 Å². The van der Waals surface area contributed by atoms with Crippen molar-refractivity contribution < 1.29 is 18.4 Å². The molecule has 1 N–H and O–H groups in total. The van der Waals surface area contributed by atoms with Crippen LogP contribution in [0.4, 0.5) is 14.5 Å². The molecule has 3 aromatic rings. The number of nitrogens with one attached hydrogen (secondary N) is 1. The lowest BCUT2D eigenvalue weighted by molar-refractivity contribution is 0.0780. The molecule has 0 saturated carbocycles. The molecule has 138 valence electrons. The summed E-state index contributed by atoms with van der Waals surface area (Å²) in [5, 5.41) is 2.49. The first-order chi connectivity index (χ1) is 13.0. The molecule has 1 aliphatic rings. The Hall–Kier alpha value is -3.29. The van der Waals surface area contributed by atoms with Crippen molar-refractivity contribution in [2.45, 2.75) is 12.8 Å². The number of aromatic nitrogens is 2. The number of amides is 2. The molecule has 0 aliphatic carbocycles. The van der Waals surface area contributed by atoms with Crippen LogP contribution < -0.4 is 5.32 Å². The first-order valence-corrected chi connectivity index (χ1v) is 8.57. The molecule has 4 rings (SSSR count). The van der Waals surface area contributed by atoms with Gasteiger partial charge in [-0.3, -0.25) is 14.0 Å². The zero-order valence-corrected chi connectivity index (χ0v) is 14.3. The number of anilines is 1. The minimum Gasteiger partial charge on any atom is -0.336 e. The highest BCUT2D eigenvalue weighted by atomic mass is 19.2. The van der Waals surface area contributed by atoms with E-state index in [9.17, 15) is 18.4 Å². The summed E-state index contributed by atoms with van der Waals surface area (Å²) in [5.41, 5.74) is 0.603. The van der Waals surface area contributed by atoms with Gasteiger partial charge < -0.3 is 10.2 Å². The molecule has 0 unspecified atom stereocenters. The molecule has 1 aliphatic heterocycles. The minimum atomic E-state index is -1.06. The van der Waals surface area contributed by atoms with Crippen LogP contribution in [0.3, 0.4) is 0 Å². The number of benzene rings is 1. The van der Waals surface area contributed by atoms with Crippen LogP contribution in [-0.4, -0.2) is 39.2 Å². The van der Waals surface area contributed by atoms with E-state index >= 15 is 0 Å². The van der Waals surface area contributed by atoms with Crippen molar-refractivity contribution in [3.8, 4) is 0 Å². The molecule has 0 atom stereocenters. The van der Waals surface area contributed by atoms with Gasteiger partial charge in [-0.1, -0.05) is 6.07 Å². The minimum absolute atomic E-state index is 0.0443. The molecule has 3 heterocycles. The van der Waals surface area contributed by atoms with E-state index in [4.69, 9.17) is 0 Å². The van der Waals surface area contributed by atoms with Crippen molar-refractivity contribution in [1.82, 2.24) is 14.3 Å². The normalized spacial score (nSPS) is 13.9. The summed E-state index contributed by atoms with van der Waals surface area (Å²) in [6.45, 7) is 1.33. The van der Waals surface area contributed by atoms with Gasteiger partial charge in [0, 0.05) is 31.0 Å². The van der Waals surface area contributed by atoms with E-state index in [1.54, 1.807) is 33.7 Å². The second-order valence-electron chi connectivity index (χ2n) is 6.32. The van der Waals surface area contributed by atoms with Gasteiger partial charge in [0.25, 0.3) is 11.8 Å². The van der Waals surface area contributed by atoms with E-state index in [1.165, 1.54) is 6.07 Å². The molecule has 8 heteroatoms. The fourth-order valence-electron chi connectivity index (χ4n) is 3.18. The van der Waals surface area contributed by atoms with Crippen LogP contribution in [0.25, 0.3) is 5.52 Å². The Kier molecular flexibility index (Phi) is 4.31. The van der Waals surface area contributed by atoms with Crippen molar-refractivity contribution in [1.29, 1.82) is 0 Å². The average Bonchev–Trinajstić information content (AvgIpc) is 3.32. The van der Waals surface area contributed by atoms with Crippen molar-refractivity contribution >= 4 is 23.0 Å². The highest BCUT2D eigenvalue weighted by molar-refractivity contribution is 6.08. The van der Waals surface area contributed by atoms with Gasteiger partial charge in [0.05, 0.1) is 5.52 Å². The quantitative estimate of drug-likeness (QED) is 0.770. The van der Waals surface area contributed by atoms with E-state index in [1.807, 2.05) is 0 Å². The number of hydrogen-bond acceptors (Lipinski definition) is 3. The van der Waals surface area contributed by atoms with Crippen LogP contribution in [-0.2, 0) is 0 Å². The van der Waals surface area contributed by atoms with Gasteiger partial charge in [-0.2, -0.15) is 0 Å². The average molecular weight is 370 g/mol. The predicted molar refractivity (Wildman–Crippen MR) is 94.6 cm³/mol. The third-order valence-electron chi connectivity index (χ3n) is 4.53. The predicted octanol–water partition coefficient (Wildman–Crippen LogP) is 3.10. The maximum atomic E-state index is 13.4. The molecule has 2 amide bonds. The number of nitrogens with zero attached hydrogens (tertiary/aromatic N) is 3. The first-order valence-electron chi connectivity index (χ1n) is 8.57. The summed E-state index contributed by atoms with van der Waals surface area (Å²) in [4.78, 5) is 31.4. The summed E-state index contributed by atoms with van der Waals surface area (Å²) >= 11 is 0. The van der Waals surface area contributed by atoms with Crippen molar-refractivity contribution in [3.05, 3.63) is 65.7 Å². The Morgan fingerprint density at radius 1 is 1.04 bits per heavy atom. The zero-order valence-electron chi connectivity index (χ0n) is 14.3. The monoisotopic (exact) mass is 370 g/mol. The SMILES string of the molecule is O=C(Nc1ccc(F)c(F)c1)c1nc(C(=O)N2CCCC2)n2ccccc12. The Labute approximate surface area is 153 Å². The second kappa shape index (κ2) is 6.79. The number of likely N-dealkylation sites (tertiary alicyclic amines) is 1. The lowest BCUT2D eigenvalue weighted by atomic mass is 10.2. The lowest BCUT2D eigenvalue weighted by Crippen LogP contribution is -2.29. The van der Waals surface area contributed by atoms with Crippen LogP contribution in [0.1, 0.15) is 33.9 Å². The second-order valence-corrected chi connectivity index (χ2v) is 6.32. The molecule has 1 saturated heterocycles. The largest absolute Gasteiger partial charge is 0.336 e. The number of rotatable bonds is 3. The fourth-order valence-corrected chi connectivity index (χ4v) is 3.18. The van der Waals surface area contributed by atoms with E-state index < -0.39 is 17.5 Å². The molecule has 0 spiro atoms. The Morgan fingerprint density at radius 3 is 2.56 bits per heavy atom. The van der Waals surface area contributed by atoms with Gasteiger partial charge in [-0.05, 0) is 37.1 Å². The Balaban J connectivity index is 1.69. The molecular formula is C19H16F2N4O2. The van der Waals surface area contributed by atoms with Crippen LogP contribution >= 0.6 is 0 Å². The smallest absolute Gasteiger partial charge is 0.290 e. The third-order valence-corrected chi connectivity index (χ3v) is 4.53. The molecule has 0 radical (unpaired) electrons. The number of pyridine rings is 1. The summed E-state index contributed by atoms with van der Waals surface area (Å²) in [5.74, 6) is -2.75. The summed E-state index contributed by atoms with van der Waals surface area (Å²) in [6.07, 6.45) is 3.55. The maximum absolute atomic E-state index is 13.4. The lowest BCUT2D eigenvalue weighted by Gasteiger charge is -2.13. The number of hydrogen-bond donors (Lipinski definition) is 1. The summed E-state index contributed by atoms with van der Waals surface area (Å²) in [7, 11) is 0. The third kappa shape index (κ3) is 3.14. The van der Waals surface area contributed by atoms with Crippen LogP contribution in [0.15, 0.2) is 42.6 Å². The van der Waals surface area contributed by atoms with Crippen LogP contribution in [0, 0.1) is 11.6 Å². The molecule has 2 aromatic heterocycles. The highest BCUT2D eigenvalue weighted by Gasteiger charge is 2.26. The fraction of sp³-hybridized carbons (Fsp3) is 0.211. The van der Waals surface area contributed by atoms with Crippen molar-refractivity contribution in [2.24, 2.45) is 0 Å². The van der Waals surface area contributed by atoms with E-state index in [0.29, 0.717) is 18.6 Å². The molecular weight excluding hydrogens is 354 g/mol.